The van der Waals surface area contributed by atoms with Crippen LogP contribution in [0.4, 0.5) is 0 Å². The first-order chi connectivity index (χ1) is 3.72. The van der Waals surface area contributed by atoms with Crippen LogP contribution in [0, 0.1) is 0 Å². The van der Waals surface area contributed by atoms with Crippen LogP contribution in [-0.2, 0) is 0 Å². The summed E-state index contributed by atoms with van der Waals surface area (Å²) in [6.07, 6.45) is -0.605. The van der Waals surface area contributed by atoms with Crippen LogP contribution < -0.4 is 0 Å². The van der Waals surface area contributed by atoms with E-state index in [-0.39, 0.29) is 11.9 Å². The second-order valence-corrected chi connectivity index (χ2v) is 2.53. The quantitative estimate of drug-likeness (QED) is 0.417. The van der Waals surface area contributed by atoms with Crippen molar-refractivity contribution in [2.75, 3.05) is 12.4 Å². The maximum atomic E-state index is 8.81. The SMILES string of the molecule is OC[C@@H](S)[C@H](O)CS. The Bertz CT molecular complexity index is 52.0. The number of hydrogen-bond donors (Lipinski definition) is 4. The lowest BCUT2D eigenvalue weighted by atomic mass is 10.3. The molecular weight excluding hydrogens is 144 g/mol. The lowest BCUT2D eigenvalue weighted by molar-refractivity contribution is 0.161. The molecule has 50 valence electrons. The first-order valence-electron chi connectivity index (χ1n) is 2.30. The second kappa shape index (κ2) is 4.49. The van der Waals surface area contributed by atoms with Crippen molar-refractivity contribution in [3.63, 3.8) is 0 Å². The van der Waals surface area contributed by atoms with Gasteiger partial charge in [-0.15, -0.1) is 0 Å². The van der Waals surface area contributed by atoms with Gasteiger partial charge in [-0.25, -0.2) is 0 Å². The van der Waals surface area contributed by atoms with Gasteiger partial charge in [0, 0.05) is 5.75 Å². The number of hydrogen-bond acceptors (Lipinski definition) is 4. The highest BCUT2D eigenvalue weighted by atomic mass is 32.1. The third-order valence-corrected chi connectivity index (χ3v) is 1.70. The molecule has 0 aromatic heterocycles. The molecular formula is C4H10O2S2. The molecule has 2 N–H and O–H groups in total. The van der Waals surface area contributed by atoms with Crippen LogP contribution in [0.5, 0.6) is 0 Å². The van der Waals surface area contributed by atoms with Gasteiger partial charge in [0.1, 0.15) is 0 Å². The minimum Gasteiger partial charge on any atom is -0.395 e. The Kier molecular flexibility index (Phi) is 4.84. The minimum atomic E-state index is -0.605. The third kappa shape index (κ3) is 2.81. The highest BCUT2D eigenvalue weighted by Gasteiger charge is 2.10. The van der Waals surface area contributed by atoms with Crippen LogP contribution in [0.1, 0.15) is 0 Å². The van der Waals surface area contributed by atoms with Gasteiger partial charge < -0.3 is 10.2 Å². The summed E-state index contributed by atoms with van der Waals surface area (Å²) in [6.45, 7) is -0.106. The van der Waals surface area contributed by atoms with Gasteiger partial charge >= 0.3 is 0 Å². The molecule has 0 rings (SSSR count). The average molecular weight is 154 g/mol. The number of rotatable bonds is 3. The smallest absolute Gasteiger partial charge is 0.0766 e. The van der Waals surface area contributed by atoms with Gasteiger partial charge in [-0.2, -0.15) is 25.3 Å². The van der Waals surface area contributed by atoms with Gasteiger partial charge in [-0.1, -0.05) is 0 Å². The topological polar surface area (TPSA) is 40.5 Å². The summed E-state index contributed by atoms with van der Waals surface area (Å²) in [5.41, 5.74) is 0. The molecule has 8 heavy (non-hydrogen) atoms. The maximum Gasteiger partial charge on any atom is 0.0766 e. The van der Waals surface area contributed by atoms with Crippen molar-refractivity contribution in [3.05, 3.63) is 0 Å². The number of thiol groups is 2. The summed E-state index contributed by atoms with van der Waals surface area (Å²) in [5.74, 6) is 0.342. The molecule has 0 unspecified atom stereocenters. The zero-order valence-corrected chi connectivity index (χ0v) is 6.15. The Morgan fingerprint density at radius 3 is 2.12 bits per heavy atom. The maximum absolute atomic E-state index is 8.81. The fourth-order valence-corrected chi connectivity index (χ4v) is 0.770. The van der Waals surface area contributed by atoms with Crippen molar-refractivity contribution < 1.29 is 10.2 Å². The minimum absolute atomic E-state index is 0.106. The Morgan fingerprint density at radius 2 is 2.00 bits per heavy atom. The Morgan fingerprint density at radius 1 is 1.50 bits per heavy atom. The zero-order valence-electron chi connectivity index (χ0n) is 4.36. The molecule has 0 aliphatic heterocycles. The molecule has 0 heterocycles. The van der Waals surface area contributed by atoms with E-state index in [4.69, 9.17) is 10.2 Å². The molecule has 0 amide bonds. The summed E-state index contributed by atoms with van der Waals surface area (Å²) < 4.78 is 0. The van der Waals surface area contributed by atoms with Gasteiger partial charge in [0.15, 0.2) is 0 Å². The van der Waals surface area contributed by atoms with E-state index in [1.54, 1.807) is 0 Å². The molecule has 2 atom stereocenters. The summed E-state index contributed by atoms with van der Waals surface area (Å²) in [7, 11) is 0. The van der Waals surface area contributed by atoms with E-state index in [1.165, 1.54) is 0 Å². The summed E-state index contributed by atoms with van der Waals surface area (Å²) >= 11 is 7.65. The molecule has 0 radical (unpaired) electrons. The molecule has 4 heteroatoms. The molecule has 0 aromatic rings. The third-order valence-electron chi connectivity index (χ3n) is 0.818. The number of aliphatic hydroxyl groups is 2. The lowest BCUT2D eigenvalue weighted by Crippen LogP contribution is -2.25. The molecule has 0 bridgehead atoms. The van der Waals surface area contributed by atoms with Gasteiger partial charge in [0.05, 0.1) is 18.0 Å². The van der Waals surface area contributed by atoms with Crippen molar-refractivity contribution in [1.29, 1.82) is 0 Å². The molecule has 0 aliphatic carbocycles. The van der Waals surface area contributed by atoms with Gasteiger partial charge in [0.2, 0.25) is 0 Å². The van der Waals surface area contributed by atoms with Crippen LogP contribution in [0.3, 0.4) is 0 Å². The van der Waals surface area contributed by atoms with E-state index >= 15 is 0 Å². The first kappa shape index (κ1) is 8.62. The monoisotopic (exact) mass is 154 g/mol. The second-order valence-electron chi connectivity index (χ2n) is 1.50. The molecule has 0 saturated carbocycles. The van der Waals surface area contributed by atoms with E-state index < -0.39 is 6.10 Å². The van der Waals surface area contributed by atoms with Gasteiger partial charge in [-0.05, 0) is 0 Å². The predicted molar refractivity (Wildman–Crippen MR) is 39.7 cm³/mol. The first-order valence-corrected chi connectivity index (χ1v) is 3.45. The van der Waals surface area contributed by atoms with Crippen LogP contribution in [0.25, 0.3) is 0 Å². The van der Waals surface area contributed by atoms with Crippen LogP contribution in [-0.4, -0.2) is 33.9 Å². The molecule has 0 spiro atoms. The highest BCUT2D eigenvalue weighted by molar-refractivity contribution is 7.81. The van der Waals surface area contributed by atoms with Crippen LogP contribution >= 0.6 is 25.3 Å². The van der Waals surface area contributed by atoms with Gasteiger partial charge in [0.25, 0.3) is 0 Å². The van der Waals surface area contributed by atoms with Crippen molar-refractivity contribution in [1.82, 2.24) is 0 Å². The molecule has 2 nitrogen and oxygen atoms in total. The van der Waals surface area contributed by atoms with E-state index in [1.807, 2.05) is 0 Å². The largest absolute Gasteiger partial charge is 0.395 e. The highest BCUT2D eigenvalue weighted by Crippen LogP contribution is 2.01. The van der Waals surface area contributed by atoms with E-state index in [0.29, 0.717) is 5.75 Å². The van der Waals surface area contributed by atoms with E-state index in [0.717, 1.165) is 0 Å². The summed E-state index contributed by atoms with van der Waals surface area (Å²) in [5, 5.41) is 16.8. The molecule has 0 aromatic carbocycles. The summed E-state index contributed by atoms with van der Waals surface area (Å²) in [4.78, 5) is 0. The normalized spacial score (nSPS) is 18.0. The average Bonchev–Trinajstić information content (AvgIpc) is 1.84. The van der Waals surface area contributed by atoms with Crippen molar-refractivity contribution in [3.8, 4) is 0 Å². The fourth-order valence-electron chi connectivity index (χ4n) is 0.243. The lowest BCUT2D eigenvalue weighted by Gasteiger charge is -2.11. The Labute approximate surface area is 59.7 Å². The van der Waals surface area contributed by atoms with E-state index in [2.05, 4.69) is 25.3 Å². The van der Waals surface area contributed by atoms with Crippen molar-refractivity contribution >= 4 is 25.3 Å². The predicted octanol–water partition coefficient (Wildman–Crippen LogP) is -0.432. The molecule has 0 saturated heterocycles. The number of aliphatic hydroxyl groups excluding tert-OH is 2. The Balaban J connectivity index is 3.29. The fraction of sp³-hybridized carbons (Fsp3) is 1.00. The van der Waals surface area contributed by atoms with Crippen molar-refractivity contribution in [2.45, 2.75) is 11.4 Å². The van der Waals surface area contributed by atoms with Crippen LogP contribution in [0.15, 0.2) is 0 Å². The van der Waals surface area contributed by atoms with E-state index in [9.17, 15) is 0 Å². The summed E-state index contributed by atoms with van der Waals surface area (Å²) in [6, 6.07) is 0. The van der Waals surface area contributed by atoms with Crippen molar-refractivity contribution in [2.24, 2.45) is 0 Å². The standard InChI is InChI=1S/C4H10O2S2/c5-1-4(8)3(6)2-7/h3-8H,1-2H2/t3-,4-/m1/s1. The zero-order chi connectivity index (χ0) is 6.57. The molecule has 0 aliphatic rings. The van der Waals surface area contributed by atoms with Crippen LogP contribution in [0.2, 0.25) is 0 Å². The Hall–Kier alpha value is 0.620. The van der Waals surface area contributed by atoms with Gasteiger partial charge in [-0.3, -0.25) is 0 Å². The molecule has 0 fully saturated rings.